The maximum atomic E-state index is 5.37. The summed E-state index contributed by atoms with van der Waals surface area (Å²) in [5.74, 6) is 0.687. The first-order valence-electron chi connectivity index (χ1n) is 18.7. The fourth-order valence-electron chi connectivity index (χ4n) is 7.73. The first-order valence-corrected chi connectivity index (χ1v) is 18.7. The maximum absolute atomic E-state index is 5.37. The molecule has 0 radical (unpaired) electrons. The van der Waals surface area contributed by atoms with Crippen molar-refractivity contribution in [3.05, 3.63) is 212 Å². The number of rotatable bonds is 7. The predicted molar refractivity (Wildman–Crippen MR) is 229 cm³/mol. The Morgan fingerprint density at radius 3 is 1.33 bits per heavy atom. The SMILES string of the molecule is c1ccc(-c2cc(-c3ccccc3)cc(-c3cccc(-c4cccc(-c5nc(-c6ccccc6)c6c7ccccc7n(-c7ccccc7)c6n5)c4)c3)c2)cc1. The minimum atomic E-state index is 0.687. The average molecular weight is 702 g/mol. The minimum absolute atomic E-state index is 0.687. The van der Waals surface area contributed by atoms with Crippen molar-refractivity contribution in [2.75, 3.05) is 0 Å². The van der Waals surface area contributed by atoms with Crippen LogP contribution in [-0.4, -0.2) is 14.5 Å². The molecule has 2 heterocycles. The molecule has 3 nitrogen and oxygen atoms in total. The van der Waals surface area contributed by atoms with Gasteiger partial charge in [0, 0.05) is 22.2 Å². The third-order valence-corrected chi connectivity index (χ3v) is 10.4. The van der Waals surface area contributed by atoms with E-state index < -0.39 is 0 Å². The monoisotopic (exact) mass is 701 g/mol. The molecule has 0 bridgehead atoms. The Morgan fingerprint density at radius 1 is 0.309 bits per heavy atom. The van der Waals surface area contributed by atoms with Crippen LogP contribution in [0.5, 0.6) is 0 Å². The smallest absolute Gasteiger partial charge is 0.162 e. The lowest BCUT2D eigenvalue weighted by atomic mass is 9.92. The summed E-state index contributed by atoms with van der Waals surface area (Å²) in [5.41, 5.74) is 15.4. The molecule has 258 valence electrons. The molecule has 0 aliphatic carbocycles. The first-order chi connectivity index (χ1) is 27.3. The van der Waals surface area contributed by atoms with Gasteiger partial charge in [0.05, 0.1) is 16.6 Å². The Kier molecular flexibility index (Phi) is 8.16. The molecule has 3 heteroatoms. The topological polar surface area (TPSA) is 30.7 Å². The Hall–Kier alpha value is -7.36. The average Bonchev–Trinajstić information content (AvgIpc) is 3.61. The lowest BCUT2D eigenvalue weighted by Crippen LogP contribution is -1.99. The van der Waals surface area contributed by atoms with Crippen molar-refractivity contribution in [2.45, 2.75) is 0 Å². The van der Waals surface area contributed by atoms with E-state index >= 15 is 0 Å². The number of para-hydroxylation sites is 2. The summed E-state index contributed by atoms with van der Waals surface area (Å²) in [6, 6.07) is 75.1. The number of hydrogen-bond donors (Lipinski definition) is 0. The molecule has 0 unspecified atom stereocenters. The van der Waals surface area contributed by atoms with E-state index in [1.54, 1.807) is 0 Å². The predicted octanol–water partition coefficient (Wildman–Crippen LogP) is 13.6. The Labute approximate surface area is 320 Å². The molecule has 2 aromatic heterocycles. The third kappa shape index (κ3) is 6.08. The highest BCUT2D eigenvalue weighted by Gasteiger charge is 2.21. The summed E-state index contributed by atoms with van der Waals surface area (Å²) >= 11 is 0. The molecule has 55 heavy (non-hydrogen) atoms. The summed E-state index contributed by atoms with van der Waals surface area (Å²) in [6.45, 7) is 0. The van der Waals surface area contributed by atoms with E-state index in [0.717, 1.165) is 61.1 Å². The lowest BCUT2D eigenvalue weighted by molar-refractivity contribution is 1.11. The van der Waals surface area contributed by atoms with Gasteiger partial charge in [0.15, 0.2) is 5.82 Å². The van der Waals surface area contributed by atoms with E-state index in [4.69, 9.17) is 9.97 Å². The first kappa shape index (κ1) is 32.3. The summed E-state index contributed by atoms with van der Waals surface area (Å²) < 4.78 is 2.27. The highest BCUT2D eigenvalue weighted by atomic mass is 15.1. The van der Waals surface area contributed by atoms with Crippen molar-refractivity contribution >= 4 is 21.9 Å². The number of nitrogens with zero attached hydrogens (tertiary/aromatic N) is 3. The van der Waals surface area contributed by atoms with E-state index in [1.807, 2.05) is 6.07 Å². The van der Waals surface area contributed by atoms with Crippen LogP contribution in [0.3, 0.4) is 0 Å². The minimum Gasteiger partial charge on any atom is -0.294 e. The Bertz CT molecular complexity index is 2890. The van der Waals surface area contributed by atoms with Gasteiger partial charge in [0.25, 0.3) is 0 Å². The number of fused-ring (bicyclic) bond motifs is 3. The van der Waals surface area contributed by atoms with Crippen LogP contribution in [-0.2, 0) is 0 Å². The fraction of sp³-hybridized carbons (Fsp3) is 0. The standard InChI is InChI=1S/C52H35N3/c1-5-17-36(18-6-1)43-33-44(37-19-7-2-8-20-37)35-45(34-43)41-25-15-23-39(31-41)40-24-16-26-42(32-40)51-53-50(38-21-9-3-10-22-38)49-47-29-13-14-30-48(47)55(52(49)54-51)46-27-11-4-12-28-46/h1-35H. The van der Waals surface area contributed by atoms with E-state index in [9.17, 15) is 0 Å². The normalized spacial score (nSPS) is 11.3. The van der Waals surface area contributed by atoms with Crippen LogP contribution < -0.4 is 0 Å². The largest absolute Gasteiger partial charge is 0.294 e. The van der Waals surface area contributed by atoms with Gasteiger partial charge in [0.2, 0.25) is 0 Å². The van der Waals surface area contributed by atoms with Crippen LogP contribution in [0, 0.1) is 0 Å². The van der Waals surface area contributed by atoms with Crippen molar-refractivity contribution < 1.29 is 0 Å². The van der Waals surface area contributed by atoms with Crippen LogP contribution in [0.25, 0.3) is 94.8 Å². The molecular formula is C52H35N3. The molecule has 0 spiro atoms. The van der Waals surface area contributed by atoms with Crippen molar-refractivity contribution in [3.8, 4) is 72.8 Å². The lowest BCUT2D eigenvalue weighted by Gasteiger charge is -2.13. The van der Waals surface area contributed by atoms with Crippen LogP contribution >= 0.6 is 0 Å². The van der Waals surface area contributed by atoms with Gasteiger partial charge in [-0.2, -0.15) is 0 Å². The van der Waals surface area contributed by atoms with Crippen LogP contribution in [0.2, 0.25) is 0 Å². The molecule has 0 N–H and O–H groups in total. The van der Waals surface area contributed by atoms with Crippen molar-refractivity contribution in [2.24, 2.45) is 0 Å². The zero-order valence-corrected chi connectivity index (χ0v) is 30.0. The number of benzene rings is 8. The van der Waals surface area contributed by atoms with E-state index in [2.05, 4.69) is 211 Å². The zero-order chi connectivity index (χ0) is 36.6. The molecule has 0 saturated carbocycles. The van der Waals surface area contributed by atoms with E-state index in [0.29, 0.717) is 5.82 Å². The quantitative estimate of drug-likeness (QED) is 0.166. The van der Waals surface area contributed by atoms with E-state index in [1.165, 1.54) is 27.8 Å². The van der Waals surface area contributed by atoms with Crippen LogP contribution in [0.1, 0.15) is 0 Å². The van der Waals surface area contributed by atoms with Crippen molar-refractivity contribution in [1.82, 2.24) is 14.5 Å². The Balaban J connectivity index is 1.12. The Morgan fingerprint density at radius 2 is 0.727 bits per heavy atom. The van der Waals surface area contributed by atoms with Crippen LogP contribution in [0.15, 0.2) is 212 Å². The summed E-state index contributed by atoms with van der Waals surface area (Å²) in [5, 5.41) is 2.18. The van der Waals surface area contributed by atoms with Crippen LogP contribution in [0.4, 0.5) is 0 Å². The molecule has 0 aliphatic heterocycles. The highest BCUT2D eigenvalue weighted by Crippen LogP contribution is 2.39. The van der Waals surface area contributed by atoms with Gasteiger partial charge in [-0.25, -0.2) is 9.97 Å². The molecule has 8 aromatic carbocycles. The molecule has 0 amide bonds. The molecule has 10 aromatic rings. The van der Waals surface area contributed by atoms with E-state index in [-0.39, 0.29) is 0 Å². The molecular weight excluding hydrogens is 667 g/mol. The zero-order valence-electron chi connectivity index (χ0n) is 30.0. The van der Waals surface area contributed by atoms with Gasteiger partial charge in [-0.1, -0.05) is 164 Å². The summed E-state index contributed by atoms with van der Waals surface area (Å²) in [4.78, 5) is 10.7. The second kappa shape index (κ2) is 13.9. The highest BCUT2D eigenvalue weighted by molar-refractivity contribution is 6.14. The van der Waals surface area contributed by atoms with Crippen molar-refractivity contribution in [1.29, 1.82) is 0 Å². The second-order valence-corrected chi connectivity index (χ2v) is 13.8. The van der Waals surface area contributed by atoms with Gasteiger partial charge in [-0.15, -0.1) is 0 Å². The van der Waals surface area contributed by atoms with Gasteiger partial charge >= 0.3 is 0 Å². The van der Waals surface area contributed by atoms with Gasteiger partial charge in [-0.05, 0) is 93.0 Å². The maximum Gasteiger partial charge on any atom is 0.162 e. The molecule has 0 aliphatic rings. The molecule has 0 fully saturated rings. The molecule has 0 atom stereocenters. The van der Waals surface area contributed by atoms with Gasteiger partial charge in [0.1, 0.15) is 5.65 Å². The number of aromatic nitrogens is 3. The second-order valence-electron chi connectivity index (χ2n) is 13.8. The summed E-state index contributed by atoms with van der Waals surface area (Å²) in [6.07, 6.45) is 0. The van der Waals surface area contributed by atoms with Gasteiger partial charge in [-0.3, -0.25) is 4.57 Å². The van der Waals surface area contributed by atoms with Crippen molar-refractivity contribution in [3.63, 3.8) is 0 Å². The van der Waals surface area contributed by atoms with Gasteiger partial charge < -0.3 is 0 Å². The summed E-state index contributed by atoms with van der Waals surface area (Å²) in [7, 11) is 0. The molecule has 10 rings (SSSR count). The number of hydrogen-bond acceptors (Lipinski definition) is 2. The fourth-order valence-corrected chi connectivity index (χ4v) is 7.73. The molecule has 0 saturated heterocycles. The third-order valence-electron chi connectivity index (χ3n) is 10.4.